The predicted molar refractivity (Wildman–Crippen MR) is 154 cm³/mol. The molecule has 1 heterocycles. The minimum Gasteiger partial charge on any atom is -0.484 e. The molecule has 14 heteroatoms. The van der Waals surface area contributed by atoms with Crippen molar-refractivity contribution >= 4 is 39.4 Å². The van der Waals surface area contributed by atoms with Crippen molar-refractivity contribution in [3.8, 4) is 5.75 Å². The van der Waals surface area contributed by atoms with Gasteiger partial charge in [0.1, 0.15) is 12.3 Å². The number of nitro benzene ring substituents is 1. The second kappa shape index (κ2) is 14.2. The normalized spacial score (nSPS) is 14.8. The number of sulfonamides is 1. The Bertz CT molecular complexity index is 1530. The average Bonchev–Trinajstić information content (AvgIpc) is 3.52. The molecule has 4 rings (SSSR count). The molecule has 0 radical (unpaired) electrons. The smallest absolute Gasteiger partial charge is 0.289 e. The van der Waals surface area contributed by atoms with E-state index in [0.29, 0.717) is 24.5 Å². The van der Waals surface area contributed by atoms with Crippen LogP contribution in [0.1, 0.15) is 18.4 Å². The second-order valence-electron chi connectivity index (χ2n) is 9.16. The van der Waals surface area contributed by atoms with Gasteiger partial charge in [0.05, 0.1) is 22.9 Å². The highest BCUT2D eigenvalue weighted by Crippen LogP contribution is 2.29. The topological polar surface area (TPSA) is 170 Å². The number of rotatable bonds is 13. The van der Waals surface area contributed by atoms with Crippen LogP contribution in [0.2, 0.25) is 0 Å². The molecule has 3 aromatic carbocycles. The fraction of sp³-hybridized carbons (Fsp3) is 0.250. The van der Waals surface area contributed by atoms with E-state index in [2.05, 4.69) is 15.8 Å². The third-order valence-electron chi connectivity index (χ3n) is 6.17. The van der Waals surface area contributed by atoms with Gasteiger partial charge in [0, 0.05) is 19.2 Å². The number of ether oxygens (including phenoxy) is 2. The Kier molecular flexibility index (Phi) is 10.2. The van der Waals surface area contributed by atoms with Crippen LogP contribution >= 0.6 is 0 Å². The van der Waals surface area contributed by atoms with E-state index in [9.17, 15) is 28.1 Å². The number of anilines is 1. The van der Waals surface area contributed by atoms with Gasteiger partial charge in [0.2, 0.25) is 0 Å². The number of carbonyl (C=O) groups excluding carboxylic acids is 2. The van der Waals surface area contributed by atoms with Crippen molar-refractivity contribution in [2.45, 2.75) is 23.8 Å². The molecular formula is C28H29N5O8S. The lowest BCUT2D eigenvalue weighted by atomic mass is 10.2. The molecule has 3 aromatic rings. The Labute approximate surface area is 242 Å². The maximum atomic E-state index is 13.5. The van der Waals surface area contributed by atoms with Gasteiger partial charge in [0.25, 0.3) is 27.5 Å². The van der Waals surface area contributed by atoms with Gasteiger partial charge in [-0.05, 0) is 60.9 Å². The van der Waals surface area contributed by atoms with Crippen molar-refractivity contribution in [3.05, 3.63) is 94.5 Å². The number of amides is 2. The van der Waals surface area contributed by atoms with Crippen molar-refractivity contribution in [1.29, 1.82) is 0 Å². The summed E-state index contributed by atoms with van der Waals surface area (Å²) >= 11 is 0. The molecule has 0 aliphatic carbocycles. The van der Waals surface area contributed by atoms with Gasteiger partial charge in [-0.15, -0.1) is 0 Å². The van der Waals surface area contributed by atoms with Gasteiger partial charge in [-0.2, -0.15) is 5.10 Å². The molecule has 0 unspecified atom stereocenters. The van der Waals surface area contributed by atoms with E-state index in [1.807, 2.05) is 0 Å². The summed E-state index contributed by atoms with van der Waals surface area (Å²) < 4.78 is 38.7. The number of hydrazone groups is 1. The van der Waals surface area contributed by atoms with Gasteiger partial charge in [-0.25, -0.2) is 13.8 Å². The predicted octanol–water partition coefficient (Wildman–Crippen LogP) is 2.61. The van der Waals surface area contributed by atoms with Crippen LogP contribution in [0, 0.1) is 10.1 Å². The molecule has 0 aromatic heterocycles. The first-order chi connectivity index (χ1) is 20.2. The number of para-hydroxylation sites is 2. The molecule has 1 fully saturated rings. The molecule has 2 amide bonds. The first-order valence-electron chi connectivity index (χ1n) is 13.0. The van der Waals surface area contributed by atoms with Gasteiger partial charge in [-0.1, -0.05) is 30.3 Å². The largest absolute Gasteiger partial charge is 0.484 e. The van der Waals surface area contributed by atoms with Gasteiger partial charge < -0.3 is 14.8 Å². The third-order valence-corrected chi connectivity index (χ3v) is 7.99. The zero-order valence-corrected chi connectivity index (χ0v) is 23.2. The van der Waals surface area contributed by atoms with Crippen LogP contribution in [-0.4, -0.2) is 63.8 Å². The van der Waals surface area contributed by atoms with Crippen molar-refractivity contribution in [3.63, 3.8) is 0 Å². The van der Waals surface area contributed by atoms with Crippen LogP contribution in [0.25, 0.3) is 0 Å². The number of nitro groups is 1. The highest BCUT2D eigenvalue weighted by atomic mass is 32.2. The Balaban J connectivity index is 1.35. The first kappa shape index (κ1) is 30.1. The number of hydrogen-bond donors (Lipinski definition) is 2. The van der Waals surface area contributed by atoms with Gasteiger partial charge >= 0.3 is 0 Å². The van der Waals surface area contributed by atoms with Crippen molar-refractivity contribution in [2.24, 2.45) is 5.10 Å². The maximum absolute atomic E-state index is 13.5. The van der Waals surface area contributed by atoms with Crippen molar-refractivity contribution in [1.82, 2.24) is 10.7 Å². The monoisotopic (exact) mass is 595 g/mol. The zero-order valence-electron chi connectivity index (χ0n) is 22.4. The average molecular weight is 596 g/mol. The summed E-state index contributed by atoms with van der Waals surface area (Å²) in [6, 6.07) is 19.3. The molecule has 1 aliphatic rings. The Morgan fingerprint density at radius 3 is 2.45 bits per heavy atom. The van der Waals surface area contributed by atoms with E-state index in [4.69, 9.17) is 9.47 Å². The molecule has 2 N–H and O–H groups in total. The minimum absolute atomic E-state index is 0.0455. The van der Waals surface area contributed by atoms with Crippen molar-refractivity contribution < 1.29 is 32.4 Å². The molecular weight excluding hydrogens is 566 g/mol. The molecule has 0 spiro atoms. The molecule has 1 aliphatic heterocycles. The van der Waals surface area contributed by atoms with Crippen LogP contribution in [-0.2, 0) is 24.3 Å². The number of nitrogens with one attached hydrogen (secondary N) is 2. The molecule has 0 bridgehead atoms. The highest BCUT2D eigenvalue weighted by molar-refractivity contribution is 7.93. The Morgan fingerprint density at radius 1 is 1.05 bits per heavy atom. The van der Waals surface area contributed by atoms with Gasteiger partial charge in [-0.3, -0.25) is 24.0 Å². The first-order valence-corrected chi connectivity index (χ1v) is 14.4. The molecule has 13 nitrogen and oxygen atoms in total. The summed E-state index contributed by atoms with van der Waals surface area (Å²) in [7, 11) is -4.50. The maximum Gasteiger partial charge on any atom is 0.289 e. The summed E-state index contributed by atoms with van der Waals surface area (Å²) in [6.45, 7) is 0.330. The lowest BCUT2D eigenvalue weighted by molar-refractivity contribution is -0.387. The van der Waals surface area contributed by atoms with Crippen LogP contribution in [0.4, 0.5) is 11.4 Å². The third kappa shape index (κ3) is 8.11. The lowest BCUT2D eigenvalue weighted by Crippen LogP contribution is -2.39. The Hall–Kier alpha value is -4.82. The number of carbonyl (C=O) groups is 2. The van der Waals surface area contributed by atoms with E-state index < -0.39 is 38.0 Å². The van der Waals surface area contributed by atoms with Crippen molar-refractivity contribution in [2.75, 3.05) is 30.6 Å². The van der Waals surface area contributed by atoms with E-state index in [-0.39, 0.29) is 24.3 Å². The van der Waals surface area contributed by atoms with Crippen LogP contribution in [0.3, 0.4) is 0 Å². The summed E-state index contributed by atoms with van der Waals surface area (Å²) in [4.78, 5) is 34.8. The molecule has 1 atom stereocenters. The van der Waals surface area contributed by atoms with Crippen LogP contribution in [0.15, 0.2) is 88.9 Å². The number of benzene rings is 3. The molecule has 42 heavy (non-hydrogen) atoms. The molecule has 1 saturated heterocycles. The van der Waals surface area contributed by atoms with Gasteiger partial charge in [0.15, 0.2) is 11.5 Å². The van der Waals surface area contributed by atoms with Crippen LogP contribution in [0.5, 0.6) is 5.75 Å². The summed E-state index contributed by atoms with van der Waals surface area (Å²) in [5, 5.41) is 18.1. The van der Waals surface area contributed by atoms with E-state index in [1.54, 1.807) is 42.5 Å². The highest BCUT2D eigenvalue weighted by Gasteiger charge is 2.33. The fourth-order valence-corrected chi connectivity index (χ4v) is 5.66. The van der Waals surface area contributed by atoms with E-state index in [0.717, 1.165) is 29.3 Å². The summed E-state index contributed by atoms with van der Waals surface area (Å²) in [5.41, 5.74) is 2.41. The SMILES string of the molecule is O=C(COc1ccc(/C=N\NC(=O)CN(c2ccccc2)S(=O)(=O)c2ccccc2[N+](=O)[O-])cc1)NC[C@@H]1CCCO1. The number of hydrogen-bond acceptors (Lipinski definition) is 9. The quantitative estimate of drug-likeness (QED) is 0.173. The summed E-state index contributed by atoms with van der Waals surface area (Å²) in [6.07, 6.45) is 3.31. The minimum atomic E-state index is -4.50. The fourth-order valence-electron chi connectivity index (χ4n) is 4.08. The molecule has 0 saturated carbocycles. The standard InChI is InChI=1S/C28H29N5O8S/c34-27(19-32(22-7-2-1-3-8-22)42(38,39)26-11-5-4-10-25(26)33(36)37)31-30-17-21-12-14-23(15-13-21)41-20-28(35)29-18-24-9-6-16-40-24/h1-5,7-8,10-15,17,24H,6,9,16,18-20H2,(H,29,35)(H,31,34)/b30-17-/t24-/m0/s1. The summed E-state index contributed by atoms with van der Waals surface area (Å²) in [5.74, 6) is -0.569. The second-order valence-corrected chi connectivity index (χ2v) is 11.0. The number of nitrogens with zero attached hydrogens (tertiary/aromatic N) is 3. The Morgan fingerprint density at radius 2 is 1.76 bits per heavy atom. The van der Waals surface area contributed by atoms with E-state index in [1.165, 1.54) is 30.5 Å². The van der Waals surface area contributed by atoms with E-state index >= 15 is 0 Å². The lowest BCUT2D eigenvalue weighted by Gasteiger charge is -2.23. The zero-order chi connectivity index (χ0) is 30.0. The molecule has 220 valence electrons. The van der Waals surface area contributed by atoms with Crippen LogP contribution < -0.4 is 19.8 Å².